The molecule has 46 heavy (non-hydrogen) atoms. The van der Waals surface area contributed by atoms with Gasteiger partial charge in [0.2, 0.25) is 0 Å². The Morgan fingerprint density at radius 1 is 0.326 bits per heavy atom. The van der Waals surface area contributed by atoms with E-state index >= 15 is 0 Å². The molecule has 0 spiro atoms. The van der Waals surface area contributed by atoms with Gasteiger partial charge in [0.25, 0.3) is 0 Å². The Morgan fingerprint density at radius 3 is 0.826 bits per heavy atom. The molecule has 0 aliphatic rings. The predicted octanol–water partition coefficient (Wildman–Crippen LogP) is 12.3. The molecule has 0 aliphatic carbocycles. The van der Waals surface area contributed by atoms with Gasteiger partial charge in [0, 0.05) is 15.2 Å². The quantitative estimate of drug-likeness (QED) is 0.128. The standard InChI is InChI=1S/C44H34S2/c1-44(35-25-15-6-16-26-35,36-27-38(31-17-7-2-8-18-31)42(45)39(28-36)32-19-9-3-10-20-32)37-29-40(33-21-11-4-12-22-33)43(46)41(30-37)34-23-13-5-14-24-34/h2-30,45-46H,1H3. The van der Waals surface area contributed by atoms with E-state index in [1.54, 1.807) is 0 Å². The Hall–Kier alpha value is -4.76. The number of rotatable bonds is 7. The van der Waals surface area contributed by atoms with Crippen LogP contribution in [0.2, 0.25) is 0 Å². The summed E-state index contributed by atoms with van der Waals surface area (Å²) in [4.78, 5) is 1.94. The summed E-state index contributed by atoms with van der Waals surface area (Å²) in [5, 5.41) is 0. The largest absolute Gasteiger partial charge is 0.142 e. The highest BCUT2D eigenvalue weighted by atomic mass is 32.1. The van der Waals surface area contributed by atoms with E-state index in [1.165, 1.54) is 16.7 Å². The van der Waals surface area contributed by atoms with Gasteiger partial charge >= 0.3 is 0 Å². The van der Waals surface area contributed by atoms with Crippen LogP contribution in [0.3, 0.4) is 0 Å². The molecule has 0 heterocycles. The molecule has 0 aliphatic heterocycles. The summed E-state index contributed by atoms with van der Waals surface area (Å²) in [5.41, 5.74) is 12.1. The fourth-order valence-electron chi connectivity index (χ4n) is 6.47. The molecule has 0 bridgehead atoms. The smallest absolute Gasteiger partial charge is 0.0424 e. The molecule has 0 saturated heterocycles. The summed E-state index contributed by atoms with van der Waals surface area (Å²) in [6, 6.07) is 62.6. The molecule has 0 atom stereocenters. The highest BCUT2D eigenvalue weighted by Crippen LogP contribution is 2.48. The van der Waals surface area contributed by atoms with Crippen LogP contribution in [0.4, 0.5) is 0 Å². The first-order valence-electron chi connectivity index (χ1n) is 15.6. The van der Waals surface area contributed by atoms with Crippen molar-refractivity contribution in [2.45, 2.75) is 22.1 Å². The van der Waals surface area contributed by atoms with Crippen LogP contribution in [0.15, 0.2) is 186 Å². The van der Waals surface area contributed by atoms with Crippen LogP contribution in [0, 0.1) is 0 Å². The minimum Gasteiger partial charge on any atom is -0.142 e. The van der Waals surface area contributed by atoms with Crippen LogP contribution in [-0.2, 0) is 5.41 Å². The van der Waals surface area contributed by atoms with Gasteiger partial charge in [-0.25, -0.2) is 0 Å². The van der Waals surface area contributed by atoms with Crippen molar-refractivity contribution in [2.24, 2.45) is 0 Å². The molecule has 7 rings (SSSR count). The zero-order chi connectivity index (χ0) is 31.5. The van der Waals surface area contributed by atoms with Gasteiger partial charge in [0.05, 0.1) is 0 Å². The summed E-state index contributed by atoms with van der Waals surface area (Å²) < 4.78 is 0. The molecule has 0 saturated carbocycles. The highest BCUT2D eigenvalue weighted by molar-refractivity contribution is 7.80. The molecule has 0 aromatic heterocycles. The SMILES string of the molecule is CC(c1ccccc1)(c1cc(-c2ccccc2)c(S)c(-c2ccccc2)c1)c1cc(-c2ccccc2)c(S)c(-c2ccccc2)c1. The van der Waals surface area contributed by atoms with Gasteiger partial charge in [-0.2, -0.15) is 0 Å². The summed E-state index contributed by atoms with van der Waals surface area (Å²) in [6.45, 7) is 2.36. The fourth-order valence-corrected chi connectivity index (χ4v) is 7.24. The van der Waals surface area contributed by atoms with E-state index in [2.05, 4.69) is 183 Å². The maximum absolute atomic E-state index is 5.18. The van der Waals surface area contributed by atoms with Gasteiger partial charge in [-0.05, 0) is 92.4 Å². The number of benzene rings is 7. The van der Waals surface area contributed by atoms with Crippen LogP contribution in [0.25, 0.3) is 44.5 Å². The Morgan fingerprint density at radius 2 is 0.565 bits per heavy atom. The number of thiol groups is 2. The predicted molar refractivity (Wildman–Crippen MR) is 201 cm³/mol. The van der Waals surface area contributed by atoms with Crippen molar-refractivity contribution >= 4 is 25.3 Å². The molecule has 0 nitrogen and oxygen atoms in total. The first-order chi connectivity index (χ1) is 22.5. The Kier molecular flexibility index (Phi) is 8.41. The van der Waals surface area contributed by atoms with Gasteiger partial charge in [-0.1, -0.05) is 152 Å². The van der Waals surface area contributed by atoms with Crippen molar-refractivity contribution in [3.8, 4) is 44.5 Å². The molecule has 222 valence electrons. The molecule has 0 unspecified atom stereocenters. The van der Waals surface area contributed by atoms with E-state index in [0.717, 1.165) is 54.3 Å². The van der Waals surface area contributed by atoms with Crippen LogP contribution in [0.1, 0.15) is 23.6 Å². The van der Waals surface area contributed by atoms with E-state index in [1.807, 2.05) is 0 Å². The van der Waals surface area contributed by atoms with Gasteiger partial charge in [-0.15, -0.1) is 25.3 Å². The summed E-state index contributed by atoms with van der Waals surface area (Å²) in [6.07, 6.45) is 0. The molecule has 0 fully saturated rings. The van der Waals surface area contributed by atoms with E-state index in [-0.39, 0.29) is 0 Å². The third-order valence-corrected chi connectivity index (χ3v) is 10.0. The molecule has 7 aromatic carbocycles. The van der Waals surface area contributed by atoms with E-state index in [4.69, 9.17) is 25.3 Å². The monoisotopic (exact) mass is 626 g/mol. The van der Waals surface area contributed by atoms with Gasteiger partial charge in [0.15, 0.2) is 0 Å². The molecule has 0 amide bonds. The molecule has 0 N–H and O–H groups in total. The molecular formula is C44H34S2. The Bertz CT molecular complexity index is 1830. The van der Waals surface area contributed by atoms with E-state index in [9.17, 15) is 0 Å². The minimum atomic E-state index is -0.523. The second kappa shape index (κ2) is 12.9. The summed E-state index contributed by atoms with van der Waals surface area (Å²) in [5.74, 6) is 0. The lowest BCUT2D eigenvalue weighted by molar-refractivity contribution is 0.692. The van der Waals surface area contributed by atoms with Gasteiger partial charge in [-0.3, -0.25) is 0 Å². The third-order valence-electron chi connectivity index (χ3n) is 9.06. The number of hydrogen-bond donors (Lipinski definition) is 2. The second-order valence-corrected chi connectivity index (χ2v) is 12.7. The fraction of sp³-hybridized carbons (Fsp3) is 0.0455. The third kappa shape index (κ3) is 5.60. The average molecular weight is 627 g/mol. The highest BCUT2D eigenvalue weighted by Gasteiger charge is 2.34. The lowest BCUT2D eigenvalue weighted by Gasteiger charge is -2.34. The second-order valence-electron chi connectivity index (χ2n) is 11.8. The average Bonchev–Trinajstić information content (AvgIpc) is 3.13. The van der Waals surface area contributed by atoms with Gasteiger partial charge in [0.1, 0.15) is 0 Å². The topological polar surface area (TPSA) is 0 Å². The van der Waals surface area contributed by atoms with Crippen molar-refractivity contribution in [3.63, 3.8) is 0 Å². The number of hydrogen-bond acceptors (Lipinski definition) is 2. The Labute approximate surface area is 283 Å². The van der Waals surface area contributed by atoms with Crippen LogP contribution >= 0.6 is 25.3 Å². The maximum atomic E-state index is 5.18. The normalized spacial score (nSPS) is 11.4. The lowest BCUT2D eigenvalue weighted by Crippen LogP contribution is -2.26. The first kappa shape index (κ1) is 29.9. The van der Waals surface area contributed by atoms with Crippen molar-refractivity contribution in [1.82, 2.24) is 0 Å². The lowest BCUT2D eigenvalue weighted by atomic mass is 9.69. The molecule has 2 heteroatoms. The van der Waals surface area contributed by atoms with Crippen molar-refractivity contribution < 1.29 is 0 Å². The molecule has 0 radical (unpaired) electrons. The maximum Gasteiger partial charge on any atom is 0.0424 e. The van der Waals surface area contributed by atoms with Crippen LogP contribution in [0.5, 0.6) is 0 Å². The Balaban J connectivity index is 1.58. The first-order valence-corrected chi connectivity index (χ1v) is 16.5. The van der Waals surface area contributed by atoms with Crippen molar-refractivity contribution in [2.75, 3.05) is 0 Å². The summed E-state index contributed by atoms with van der Waals surface area (Å²) >= 11 is 10.4. The van der Waals surface area contributed by atoms with E-state index < -0.39 is 5.41 Å². The minimum absolute atomic E-state index is 0.523. The van der Waals surface area contributed by atoms with Crippen LogP contribution in [-0.4, -0.2) is 0 Å². The van der Waals surface area contributed by atoms with Crippen molar-refractivity contribution in [1.29, 1.82) is 0 Å². The molecular weight excluding hydrogens is 593 g/mol. The zero-order valence-electron chi connectivity index (χ0n) is 25.6. The van der Waals surface area contributed by atoms with Crippen molar-refractivity contribution in [3.05, 3.63) is 193 Å². The van der Waals surface area contributed by atoms with E-state index in [0.29, 0.717) is 0 Å². The van der Waals surface area contributed by atoms with Gasteiger partial charge < -0.3 is 0 Å². The zero-order valence-corrected chi connectivity index (χ0v) is 27.4. The van der Waals surface area contributed by atoms with Crippen LogP contribution < -0.4 is 0 Å². The summed E-state index contributed by atoms with van der Waals surface area (Å²) in [7, 11) is 0. The molecule has 7 aromatic rings.